The lowest BCUT2D eigenvalue weighted by Gasteiger charge is -2.03. The molecular weight excluding hydrogens is 248 g/mol. The Labute approximate surface area is 108 Å². The van der Waals surface area contributed by atoms with Crippen LogP contribution in [0.1, 0.15) is 5.69 Å². The number of nitrogens with zero attached hydrogens (tertiary/aromatic N) is 2. The first-order valence-corrected chi connectivity index (χ1v) is 6.40. The van der Waals surface area contributed by atoms with Crippen LogP contribution in [0.4, 0.5) is 0 Å². The molecule has 0 saturated heterocycles. The molecule has 0 spiro atoms. The van der Waals surface area contributed by atoms with Crippen LogP contribution in [0, 0.1) is 0 Å². The number of benzene rings is 1. The fourth-order valence-electron chi connectivity index (χ4n) is 1.90. The molecule has 0 atom stereocenters. The molecule has 1 N–H and O–H groups in total. The van der Waals surface area contributed by atoms with Crippen LogP contribution in [0.3, 0.4) is 0 Å². The molecule has 0 saturated carbocycles. The molecular formula is C13H12N2O2S. The van der Waals surface area contributed by atoms with Gasteiger partial charge in [-0.1, -0.05) is 12.1 Å². The third kappa shape index (κ3) is 1.77. The van der Waals surface area contributed by atoms with E-state index in [-0.39, 0.29) is 6.61 Å². The number of aliphatic hydroxyl groups is 1. The molecule has 5 heteroatoms. The van der Waals surface area contributed by atoms with Crippen LogP contribution in [-0.2, 0) is 6.61 Å². The van der Waals surface area contributed by atoms with Crippen molar-refractivity contribution in [3.8, 4) is 17.0 Å². The number of imidazole rings is 1. The first kappa shape index (κ1) is 11.3. The Bertz CT molecular complexity index is 687. The summed E-state index contributed by atoms with van der Waals surface area (Å²) in [7, 11) is 1.66. The molecule has 1 aromatic carbocycles. The van der Waals surface area contributed by atoms with Crippen molar-refractivity contribution in [2.45, 2.75) is 6.61 Å². The zero-order chi connectivity index (χ0) is 12.5. The summed E-state index contributed by atoms with van der Waals surface area (Å²) in [6.07, 6.45) is 1.86. The van der Waals surface area contributed by atoms with E-state index in [0.29, 0.717) is 5.69 Å². The van der Waals surface area contributed by atoms with Crippen molar-refractivity contribution < 1.29 is 9.84 Å². The molecule has 3 aromatic rings. The summed E-state index contributed by atoms with van der Waals surface area (Å²) in [5.41, 5.74) is 2.81. The molecule has 0 fully saturated rings. The highest BCUT2D eigenvalue weighted by atomic mass is 32.1. The molecule has 0 radical (unpaired) electrons. The third-order valence-electron chi connectivity index (χ3n) is 2.79. The van der Waals surface area contributed by atoms with Gasteiger partial charge in [0.05, 0.1) is 25.1 Å². The molecule has 0 amide bonds. The highest BCUT2D eigenvalue weighted by molar-refractivity contribution is 7.15. The van der Waals surface area contributed by atoms with E-state index in [1.54, 1.807) is 18.4 Å². The van der Waals surface area contributed by atoms with Gasteiger partial charge in [-0.25, -0.2) is 4.98 Å². The number of ether oxygens (including phenoxy) is 1. The van der Waals surface area contributed by atoms with Crippen molar-refractivity contribution in [3.05, 3.63) is 41.5 Å². The molecule has 3 rings (SSSR count). The van der Waals surface area contributed by atoms with Crippen LogP contribution in [0.5, 0.6) is 5.75 Å². The lowest BCUT2D eigenvalue weighted by molar-refractivity contribution is 0.277. The minimum absolute atomic E-state index is 0.0358. The summed E-state index contributed by atoms with van der Waals surface area (Å²) in [6.45, 7) is -0.0358. The third-order valence-corrected chi connectivity index (χ3v) is 3.63. The minimum Gasteiger partial charge on any atom is -0.497 e. The van der Waals surface area contributed by atoms with Gasteiger partial charge in [0.2, 0.25) is 0 Å². The maximum atomic E-state index is 9.11. The molecule has 0 aliphatic heterocycles. The molecule has 18 heavy (non-hydrogen) atoms. The second-order valence-electron chi connectivity index (χ2n) is 3.90. The number of aliphatic hydroxyl groups excluding tert-OH is 1. The van der Waals surface area contributed by atoms with Gasteiger partial charge in [0.1, 0.15) is 5.75 Å². The Balaban J connectivity index is 2.14. The van der Waals surface area contributed by atoms with E-state index in [0.717, 1.165) is 22.0 Å². The molecule has 2 heterocycles. The molecule has 4 nitrogen and oxygen atoms in total. The first-order chi connectivity index (χ1) is 8.81. The van der Waals surface area contributed by atoms with Crippen LogP contribution >= 0.6 is 11.3 Å². The Hall–Kier alpha value is -1.85. The zero-order valence-electron chi connectivity index (χ0n) is 9.83. The summed E-state index contributed by atoms with van der Waals surface area (Å²) in [6, 6.07) is 7.89. The number of hydrogen-bond acceptors (Lipinski definition) is 4. The van der Waals surface area contributed by atoms with E-state index in [9.17, 15) is 0 Å². The normalized spacial score (nSPS) is 11.0. The number of methoxy groups -OCH3 is 1. The number of aromatic nitrogens is 2. The van der Waals surface area contributed by atoms with Crippen molar-refractivity contribution in [1.82, 2.24) is 9.38 Å². The predicted octanol–water partition coefficient (Wildman–Crippen LogP) is 2.56. The monoisotopic (exact) mass is 260 g/mol. The molecule has 0 aliphatic carbocycles. The molecule has 92 valence electrons. The zero-order valence-corrected chi connectivity index (χ0v) is 10.6. The first-order valence-electron chi connectivity index (χ1n) is 5.52. The SMILES string of the molecule is COc1cccc(-c2csc3nc(CO)cn23)c1. The highest BCUT2D eigenvalue weighted by Crippen LogP contribution is 2.28. The summed E-state index contributed by atoms with van der Waals surface area (Å²) >= 11 is 1.56. The quantitative estimate of drug-likeness (QED) is 0.787. The van der Waals surface area contributed by atoms with E-state index in [1.165, 1.54) is 0 Å². The van der Waals surface area contributed by atoms with E-state index >= 15 is 0 Å². The maximum absolute atomic E-state index is 9.11. The van der Waals surface area contributed by atoms with Gasteiger partial charge in [-0.05, 0) is 12.1 Å². The lowest BCUT2D eigenvalue weighted by Crippen LogP contribution is -1.87. The molecule has 2 aromatic heterocycles. The molecule has 0 aliphatic rings. The molecule has 0 bridgehead atoms. The molecule has 0 unspecified atom stereocenters. The van der Waals surface area contributed by atoms with Crippen LogP contribution < -0.4 is 4.74 Å². The summed E-state index contributed by atoms with van der Waals surface area (Å²) in [4.78, 5) is 5.21. The van der Waals surface area contributed by atoms with Gasteiger partial charge in [0.25, 0.3) is 0 Å². The maximum Gasteiger partial charge on any atom is 0.194 e. The average Bonchev–Trinajstić information content (AvgIpc) is 2.98. The Morgan fingerprint density at radius 1 is 1.44 bits per heavy atom. The largest absolute Gasteiger partial charge is 0.497 e. The average molecular weight is 260 g/mol. The van der Waals surface area contributed by atoms with Gasteiger partial charge in [-0.2, -0.15) is 0 Å². The predicted molar refractivity (Wildman–Crippen MR) is 71.0 cm³/mol. The van der Waals surface area contributed by atoms with Gasteiger partial charge < -0.3 is 9.84 Å². The Morgan fingerprint density at radius 3 is 3.11 bits per heavy atom. The number of hydrogen-bond donors (Lipinski definition) is 1. The summed E-state index contributed by atoms with van der Waals surface area (Å²) in [5.74, 6) is 0.828. The van der Waals surface area contributed by atoms with Gasteiger partial charge in [-0.15, -0.1) is 11.3 Å². The number of thiazole rings is 1. The number of rotatable bonds is 3. The minimum atomic E-state index is -0.0358. The van der Waals surface area contributed by atoms with Gasteiger partial charge in [0, 0.05) is 17.1 Å². The van der Waals surface area contributed by atoms with Crippen LogP contribution in [0.15, 0.2) is 35.8 Å². The van der Waals surface area contributed by atoms with Crippen molar-refractivity contribution in [2.24, 2.45) is 0 Å². The van der Waals surface area contributed by atoms with Gasteiger partial charge >= 0.3 is 0 Å². The Kier molecular flexibility index (Phi) is 2.77. The number of fused-ring (bicyclic) bond motifs is 1. The Morgan fingerprint density at radius 2 is 2.33 bits per heavy atom. The second kappa shape index (κ2) is 4.44. The van der Waals surface area contributed by atoms with Crippen LogP contribution in [0.25, 0.3) is 16.2 Å². The van der Waals surface area contributed by atoms with Crippen molar-refractivity contribution in [2.75, 3.05) is 7.11 Å². The summed E-state index contributed by atoms with van der Waals surface area (Å²) < 4.78 is 7.22. The van der Waals surface area contributed by atoms with Crippen molar-refractivity contribution >= 4 is 16.3 Å². The smallest absolute Gasteiger partial charge is 0.194 e. The van der Waals surface area contributed by atoms with E-state index in [2.05, 4.69) is 10.4 Å². The van der Waals surface area contributed by atoms with E-state index < -0.39 is 0 Å². The van der Waals surface area contributed by atoms with Crippen molar-refractivity contribution in [3.63, 3.8) is 0 Å². The summed E-state index contributed by atoms with van der Waals surface area (Å²) in [5, 5.41) is 11.2. The van der Waals surface area contributed by atoms with Gasteiger partial charge in [0.15, 0.2) is 4.96 Å². The standard InChI is InChI=1S/C13H12N2O2S/c1-17-11-4-2-3-9(5-11)12-8-18-13-14-10(7-16)6-15(12)13/h2-6,8,16H,7H2,1H3. The van der Waals surface area contributed by atoms with E-state index in [1.807, 2.05) is 34.9 Å². The highest BCUT2D eigenvalue weighted by Gasteiger charge is 2.09. The van der Waals surface area contributed by atoms with Crippen LogP contribution in [-0.4, -0.2) is 21.6 Å². The lowest BCUT2D eigenvalue weighted by atomic mass is 10.1. The van der Waals surface area contributed by atoms with E-state index in [4.69, 9.17) is 9.84 Å². The second-order valence-corrected chi connectivity index (χ2v) is 4.73. The topological polar surface area (TPSA) is 46.8 Å². The van der Waals surface area contributed by atoms with Crippen LogP contribution in [0.2, 0.25) is 0 Å². The fourth-order valence-corrected chi connectivity index (χ4v) is 2.80. The fraction of sp³-hybridized carbons (Fsp3) is 0.154. The van der Waals surface area contributed by atoms with Gasteiger partial charge in [-0.3, -0.25) is 4.40 Å². The van der Waals surface area contributed by atoms with Crippen molar-refractivity contribution in [1.29, 1.82) is 0 Å².